The Balaban J connectivity index is 1.49. The fourth-order valence-electron chi connectivity index (χ4n) is 3.41. The number of nitrogens with zero attached hydrogens (tertiary/aromatic N) is 4. The first-order valence-corrected chi connectivity index (χ1v) is 10.9. The van der Waals surface area contributed by atoms with Crippen molar-refractivity contribution in [3.63, 3.8) is 0 Å². The third kappa shape index (κ3) is 3.96. The summed E-state index contributed by atoms with van der Waals surface area (Å²) in [5.41, 5.74) is 1.79. The summed E-state index contributed by atoms with van der Waals surface area (Å²) in [5, 5.41) is 12.8. The van der Waals surface area contributed by atoms with Crippen molar-refractivity contribution in [3.8, 4) is 10.8 Å². The zero-order valence-electron chi connectivity index (χ0n) is 16.3. The van der Waals surface area contributed by atoms with Gasteiger partial charge in [-0.05, 0) is 56.1 Å². The first-order chi connectivity index (χ1) is 12.8. The Morgan fingerprint density at radius 1 is 1.30 bits per heavy atom. The lowest BCUT2D eigenvalue weighted by Gasteiger charge is -2.33. The van der Waals surface area contributed by atoms with Gasteiger partial charge in [0.2, 0.25) is 5.89 Å². The number of thioether (sulfide) groups is 1. The van der Waals surface area contributed by atoms with Crippen LogP contribution in [0.15, 0.2) is 20.2 Å². The number of hydrogen-bond acceptors (Lipinski definition) is 8. The Morgan fingerprint density at radius 2 is 2.11 bits per heavy atom. The highest BCUT2D eigenvalue weighted by Gasteiger charge is 2.30. The highest BCUT2D eigenvalue weighted by molar-refractivity contribution is 7.99. The van der Waals surface area contributed by atoms with Crippen molar-refractivity contribution in [2.45, 2.75) is 64.4 Å². The van der Waals surface area contributed by atoms with Crippen LogP contribution >= 0.6 is 23.1 Å². The molecule has 8 heteroatoms. The van der Waals surface area contributed by atoms with Gasteiger partial charge >= 0.3 is 0 Å². The second-order valence-electron chi connectivity index (χ2n) is 8.18. The lowest BCUT2D eigenvalue weighted by molar-refractivity contribution is 0.217. The molecule has 4 rings (SSSR count). The van der Waals surface area contributed by atoms with E-state index in [1.54, 1.807) is 18.3 Å². The molecule has 1 aliphatic carbocycles. The van der Waals surface area contributed by atoms with E-state index in [9.17, 15) is 0 Å². The lowest BCUT2D eigenvalue weighted by atomic mass is 9.72. The second-order valence-corrected chi connectivity index (χ2v) is 10.6. The molecule has 6 nitrogen and oxygen atoms in total. The molecule has 0 saturated heterocycles. The molecular weight excluding hydrogens is 380 g/mol. The fraction of sp³-hybridized carbons (Fsp3) is 0.579. The molecule has 27 heavy (non-hydrogen) atoms. The smallest absolute Gasteiger partial charge is 0.277 e. The summed E-state index contributed by atoms with van der Waals surface area (Å²) in [6.45, 7) is 10.8. The molecular formula is C19H24N4O2S2. The van der Waals surface area contributed by atoms with E-state index in [4.69, 9.17) is 8.94 Å². The molecule has 144 valence electrons. The first-order valence-electron chi connectivity index (χ1n) is 9.22. The van der Waals surface area contributed by atoms with Crippen LogP contribution in [0.2, 0.25) is 0 Å². The molecule has 0 bridgehead atoms. The number of aryl methyl sites for hydroxylation is 2. The van der Waals surface area contributed by atoms with Gasteiger partial charge in [-0.1, -0.05) is 37.7 Å². The quantitative estimate of drug-likeness (QED) is 0.532. The van der Waals surface area contributed by atoms with E-state index >= 15 is 0 Å². The molecule has 0 amide bonds. The maximum Gasteiger partial charge on any atom is 0.277 e. The van der Waals surface area contributed by atoms with Gasteiger partial charge in [-0.15, -0.1) is 21.5 Å². The standard InChI is InChI=1S/C19H24N4O2S2/c1-10(16-20-11(2)23-25-16)26-18-22-21-17(24-18)15-9-12-8-13(19(3,4)5)6-7-14(12)27-15/h9-10,13H,6-8H2,1-5H3/t10-,13-/m0/s1. The van der Waals surface area contributed by atoms with Crippen molar-refractivity contribution in [1.82, 2.24) is 20.3 Å². The van der Waals surface area contributed by atoms with E-state index in [0.717, 1.165) is 23.6 Å². The van der Waals surface area contributed by atoms with Crippen LogP contribution in [-0.2, 0) is 12.8 Å². The molecule has 3 heterocycles. The Bertz CT molecular complexity index is 938. The molecule has 3 aromatic rings. The van der Waals surface area contributed by atoms with Crippen LogP contribution in [0.4, 0.5) is 0 Å². The fourth-order valence-corrected chi connectivity index (χ4v) is 5.25. The minimum absolute atomic E-state index is 0.0383. The number of hydrogen-bond donors (Lipinski definition) is 0. The number of rotatable bonds is 4. The summed E-state index contributed by atoms with van der Waals surface area (Å²) in [5.74, 6) is 2.51. The molecule has 2 atom stereocenters. The highest BCUT2D eigenvalue weighted by atomic mass is 32.2. The molecule has 3 aromatic heterocycles. The largest absolute Gasteiger partial charge is 0.410 e. The number of thiophene rings is 1. The van der Waals surface area contributed by atoms with E-state index in [1.807, 2.05) is 6.92 Å². The van der Waals surface area contributed by atoms with Crippen LogP contribution < -0.4 is 0 Å². The molecule has 0 spiro atoms. The molecule has 0 aliphatic heterocycles. The van der Waals surface area contributed by atoms with Crippen molar-refractivity contribution in [3.05, 3.63) is 28.2 Å². The van der Waals surface area contributed by atoms with Crippen LogP contribution in [0, 0.1) is 18.3 Å². The summed E-state index contributed by atoms with van der Waals surface area (Å²) in [7, 11) is 0. The van der Waals surface area contributed by atoms with Gasteiger partial charge in [0, 0.05) is 4.88 Å². The van der Waals surface area contributed by atoms with E-state index in [1.165, 1.54) is 28.6 Å². The molecule has 0 unspecified atom stereocenters. The summed E-state index contributed by atoms with van der Waals surface area (Å²) in [6.07, 6.45) is 3.53. The molecule has 0 fully saturated rings. The maximum atomic E-state index is 5.90. The predicted octanol–water partition coefficient (Wildman–Crippen LogP) is 5.49. The summed E-state index contributed by atoms with van der Waals surface area (Å²) in [6, 6.07) is 2.24. The predicted molar refractivity (Wildman–Crippen MR) is 106 cm³/mol. The molecule has 0 radical (unpaired) electrons. The Hall–Kier alpha value is -1.67. The van der Waals surface area contributed by atoms with Crippen molar-refractivity contribution >= 4 is 23.1 Å². The third-order valence-electron chi connectivity index (χ3n) is 5.09. The van der Waals surface area contributed by atoms with Gasteiger partial charge in [-0.25, -0.2) is 0 Å². The lowest BCUT2D eigenvalue weighted by Crippen LogP contribution is -2.26. The van der Waals surface area contributed by atoms with Crippen LogP contribution in [-0.4, -0.2) is 20.3 Å². The van der Waals surface area contributed by atoms with Crippen LogP contribution in [0.1, 0.15) is 61.5 Å². The van der Waals surface area contributed by atoms with Crippen LogP contribution in [0.25, 0.3) is 10.8 Å². The topological polar surface area (TPSA) is 77.8 Å². The molecule has 0 N–H and O–H groups in total. The Kier molecular flexibility index (Phi) is 4.88. The van der Waals surface area contributed by atoms with Gasteiger partial charge in [0.05, 0.1) is 10.1 Å². The normalized spacial score (nSPS) is 18.5. The van der Waals surface area contributed by atoms with E-state index in [2.05, 4.69) is 47.2 Å². The van der Waals surface area contributed by atoms with E-state index in [0.29, 0.717) is 28.2 Å². The van der Waals surface area contributed by atoms with Crippen LogP contribution in [0.5, 0.6) is 0 Å². The van der Waals surface area contributed by atoms with Gasteiger partial charge in [-0.2, -0.15) is 4.98 Å². The molecule has 1 aliphatic rings. The zero-order valence-corrected chi connectivity index (χ0v) is 17.9. The Labute approximate surface area is 167 Å². The SMILES string of the molecule is Cc1noc([C@H](C)Sc2nnc(-c3cc4c(s3)CC[C@H](C(C)(C)C)C4)o2)n1. The van der Waals surface area contributed by atoms with Crippen molar-refractivity contribution in [2.24, 2.45) is 11.3 Å². The average Bonchev–Trinajstić information content (AvgIpc) is 3.31. The minimum atomic E-state index is -0.0383. The summed E-state index contributed by atoms with van der Waals surface area (Å²) in [4.78, 5) is 6.79. The van der Waals surface area contributed by atoms with Crippen molar-refractivity contribution in [1.29, 1.82) is 0 Å². The molecule has 0 saturated carbocycles. The third-order valence-corrected chi connectivity index (χ3v) is 7.24. The highest BCUT2D eigenvalue weighted by Crippen LogP contribution is 2.43. The average molecular weight is 405 g/mol. The number of aromatic nitrogens is 4. The first kappa shape index (κ1) is 18.7. The van der Waals surface area contributed by atoms with Crippen LogP contribution in [0.3, 0.4) is 0 Å². The van der Waals surface area contributed by atoms with Gasteiger partial charge < -0.3 is 8.94 Å². The molecule has 0 aromatic carbocycles. The van der Waals surface area contributed by atoms with Gasteiger partial charge in [0.1, 0.15) is 0 Å². The zero-order chi connectivity index (χ0) is 19.2. The van der Waals surface area contributed by atoms with E-state index in [-0.39, 0.29) is 5.25 Å². The summed E-state index contributed by atoms with van der Waals surface area (Å²) < 4.78 is 11.1. The second kappa shape index (κ2) is 7.05. The monoisotopic (exact) mass is 404 g/mol. The van der Waals surface area contributed by atoms with Gasteiger partial charge in [-0.3, -0.25) is 0 Å². The summed E-state index contributed by atoms with van der Waals surface area (Å²) >= 11 is 3.22. The minimum Gasteiger partial charge on any atom is -0.410 e. The van der Waals surface area contributed by atoms with Gasteiger partial charge in [0.15, 0.2) is 5.82 Å². The van der Waals surface area contributed by atoms with Gasteiger partial charge in [0.25, 0.3) is 11.1 Å². The number of fused-ring (bicyclic) bond motifs is 1. The van der Waals surface area contributed by atoms with E-state index < -0.39 is 0 Å². The maximum absolute atomic E-state index is 5.90. The van der Waals surface area contributed by atoms with Crippen molar-refractivity contribution < 1.29 is 8.94 Å². The Morgan fingerprint density at radius 3 is 2.81 bits per heavy atom. The van der Waals surface area contributed by atoms with Crippen molar-refractivity contribution in [2.75, 3.05) is 0 Å².